The number of aliphatic carboxylic acids is 1. The van der Waals surface area contributed by atoms with Gasteiger partial charge < -0.3 is 10.0 Å². The predicted molar refractivity (Wildman–Crippen MR) is 93.2 cm³/mol. The molecule has 0 spiro atoms. The van der Waals surface area contributed by atoms with E-state index in [-0.39, 0.29) is 12.3 Å². The summed E-state index contributed by atoms with van der Waals surface area (Å²) in [5.74, 6) is -0.292. The number of hydrogen-bond donors (Lipinski definition) is 1. The highest BCUT2D eigenvalue weighted by atomic mass is 32.1. The minimum Gasteiger partial charge on any atom is -0.481 e. The minimum atomic E-state index is -0.747. The molecule has 1 atom stereocenters. The molecule has 2 rings (SSSR count). The molecule has 1 N–H and O–H groups in total. The van der Waals surface area contributed by atoms with Crippen LogP contribution >= 0.6 is 11.3 Å². The topological polar surface area (TPSA) is 57.6 Å². The molecule has 128 valence electrons. The summed E-state index contributed by atoms with van der Waals surface area (Å²) in [6.07, 6.45) is 5.99. The van der Waals surface area contributed by atoms with Gasteiger partial charge in [-0.3, -0.25) is 9.59 Å². The molecule has 4 nitrogen and oxygen atoms in total. The smallest absolute Gasteiger partial charge is 0.303 e. The number of carboxylic acid groups (broad SMARTS) is 1. The van der Waals surface area contributed by atoms with Crippen molar-refractivity contribution in [2.45, 2.75) is 58.8 Å². The first-order chi connectivity index (χ1) is 11.0. The lowest BCUT2D eigenvalue weighted by atomic mass is 9.93. The van der Waals surface area contributed by atoms with Gasteiger partial charge in [0.2, 0.25) is 0 Å². The Labute approximate surface area is 142 Å². The summed E-state index contributed by atoms with van der Waals surface area (Å²) in [7, 11) is 0. The van der Waals surface area contributed by atoms with Crippen molar-refractivity contribution in [3.63, 3.8) is 0 Å². The van der Waals surface area contributed by atoms with E-state index in [1.165, 1.54) is 10.4 Å². The number of piperidine rings is 1. The number of amides is 1. The van der Waals surface area contributed by atoms with Crippen molar-refractivity contribution in [1.82, 2.24) is 4.90 Å². The van der Waals surface area contributed by atoms with Crippen LogP contribution in [-0.4, -0.2) is 35.0 Å². The second-order valence-corrected chi connectivity index (χ2v) is 7.49. The largest absolute Gasteiger partial charge is 0.481 e. The summed E-state index contributed by atoms with van der Waals surface area (Å²) in [5.41, 5.74) is 1.31. The molecule has 5 heteroatoms. The lowest BCUT2D eigenvalue weighted by molar-refractivity contribution is -0.137. The van der Waals surface area contributed by atoms with Gasteiger partial charge in [0, 0.05) is 24.4 Å². The van der Waals surface area contributed by atoms with Gasteiger partial charge in [0.1, 0.15) is 0 Å². The van der Waals surface area contributed by atoms with Gasteiger partial charge >= 0.3 is 5.97 Å². The second-order valence-electron chi connectivity index (χ2n) is 6.35. The van der Waals surface area contributed by atoms with Crippen molar-refractivity contribution in [3.05, 3.63) is 21.4 Å². The first-order valence-electron chi connectivity index (χ1n) is 8.67. The van der Waals surface area contributed by atoms with E-state index in [9.17, 15) is 9.59 Å². The van der Waals surface area contributed by atoms with Gasteiger partial charge in [0.15, 0.2) is 0 Å². The summed E-state index contributed by atoms with van der Waals surface area (Å²) >= 11 is 1.64. The van der Waals surface area contributed by atoms with Crippen LogP contribution in [0.4, 0.5) is 0 Å². The fraction of sp³-hybridized carbons (Fsp3) is 0.667. The van der Waals surface area contributed by atoms with Crippen LogP contribution in [0, 0.1) is 5.92 Å². The van der Waals surface area contributed by atoms with Crippen LogP contribution in [0.2, 0.25) is 0 Å². The number of likely N-dealkylation sites (tertiary alicyclic amines) is 1. The number of rotatable bonds is 7. The highest BCUT2D eigenvalue weighted by Gasteiger charge is 2.26. The van der Waals surface area contributed by atoms with Gasteiger partial charge in [-0.05, 0) is 49.7 Å². The zero-order valence-electron chi connectivity index (χ0n) is 14.1. The van der Waals surface area contributed by atoms with E-state index >= 15 is 0 Å². The second kappa shape index (κ2) is 8.48. The number of thiophene rings is 1. The van der Waals surface area contributed by atoms with Crippen molar-refractivity contribution in [2.24, 2.45) is 5.92 Å². The van der Waals surface area contributed by atoms with Gasteiger partial charge in [-0.15, -0.1) is 11.3 Å². The molecule has 0 aliphatic carbocycles. The van der Waals surface area contributed by atoms with Crippen LogP contribution < -0.4 is 0 Å². The third-order valence-electron chi connectivity index (χ3n) is 4.54. The Morgan fingerprint density at radius 2 is 2.17 bits per heavy atom. The maximum atomic E-state index is 12.8. The fourth-order valence-corrected chi connectivity index (χ4v) is 4.60. The standard InChI is InChI=1S/C18H27NO3S/c1-3-6-15-14(4-2)11-16(23-15)18(22)19-10-5-7-13(12-19)8-9-17(20)21/h11,13H,3-10,12H2,1-2H3,(H,20,21). The lowest BCUT2D eigenvalue weighted by Crippen LogP contribution is -2.39. The molecule has 1 fully saturated rings. The van der Waals surface area contributed by atoms with Crippen molar-refractivity contribution < 1.29 is 14.7 Å². The normalized spacial score (nSPS) is 18.2. The van der Waals surface area contributed by atoms with E-state index in [4.69, 9.17) is 5.11 Å². The SMILES string of the molecule is CCCc1sc(C(=O)N2CCCC(CCC(=O)O)C2)cc1CC. The monoisotopic (exact) mass is 337 g/mol. The first-order valence-corrected chi connectivity index (χ1v) is 9.49. The van der Waals surface area contributed by atoms with Crippen LogP contribution in [0.1, 0.15) is 66.1 Å². The van der Waals surface area contributed by atoms with Gasteiger partial charge in [0.05, 0.1) is 4.88 Å². The molecule has 1 aromatic heterocycles. The Balaban J connectivity index is 2.02. The van der Waals surface area contributed by atoms with E-state index in [0.29, 0.717) is 18.9 Å². The van der Waals surface area contributed by atoms with E-state index in [2.05, 4.69) is 19.9 Å². The summed E-state index contributed by atoms with van der Waals surface area (Å²) in [6, 6.07) is 2.07. The van der Waals surface area contributed by atoms with E-state index in [1.54, 1.807) is 11.3 Å². The molecule has 1 aliphatic rings. The quantitative estimate of drug-likeness (QED) is 0.819. The maximum absolute atomic E-state index is 12.8. The van der Waals surface area contributed by atoms with Gasteiger partial charge in [-0.25, -0.2) is 0 Å². The molecule has 0 radical (unpaired) electrons. The first kappa shape index (κ1) is 18.0. The Morgan fingerprint density at radius 3 is 2.83 bits per heavy atom. The van der Waals surface area contributed by atoms with Gasteiger partial charge in [-0.1, -0.05) is 20.3 Å². The third-order valence-corrected chi connectivity index (χ3v) is 5.76. The number of carbonyl (C=O) groups is 2. The predicted octanol–water partition coefficient (Wildman–Crippen LogP) is 3.98. The highest BCUT2D eigenvalue weighted by Crippen LogP contribution is 2.28. The molecule has 1 saturated heterocycles. The molecule has 1 aliphatic heterocycles. The molecule has 0 bridgehead atoms. The van der Waals surface area contributed by atoms with Crippen LogP contribution in [0.15, 0.2) is 6.07 Å². The minimum absolute atomic E-state index is 0.132. The van der Waals surface area contributed by atoms with Crippen molar-refractivity contribution in [3.8, 4) is 0 Å². The average molecular weight is 337 g/mol. The van der Waals surface area contributed by atoms with Crippen LogP contribution in [-0.2, 0) is 17.6 Å². The summed E-state index contributed by atoms with van der Waals surface area (Å²) in [5, 5.41) is 8.83. The molecular weight excluding hydrogens is 310 g/mol. The summed E-state index contributed by atoms with van der Waals surface area (Å²) < 4.78 is 0. The van der Waals surface area contributed by atoms with E-state index in [1.807, 2.05) is 4.90 Å². The van der Waals surface area contributed by atoms with E-state index < -0.39 is 5.97 Å². The molecule has 1 amide bonds. The van der Waals surface area contributed by atoms with Gasteiger partial charge in [-0.2, -0.15) is 0 Å². The van der Waals surface area contributed by atoms with E-state index in [0.717, 1.165) is 43.5 Å². The van der Waals surface area contributed by atoms with Crippen LogP contribution in [0.3, 0.4) is 0 Å². The zero-order chi connectivity index (χ0) is 16.8. The highest BCUT2D eigenvalue weighted by molar-refractivity contribution is 7.14. The number of nitrogens with zero attached hydrogens (tertiary/aromatic N) is 1. The van der Waals surface area contributed by atoms with Crippen molar-refractivity contribution in [2.75, 3.05) is 13.1 Å². The molecule has 0 aromatic carbocycles. The Kier molecular flexibility index (Phi) is 6.63. The Morgan fingerprint density at radius 1 is 1.39 bits per heavy atom. The Bertz CT molecular complexity index is 552. The molecule has 1 unspecified atom stereocenters. The number of aryl methyl sites for hydroxylation is 2. The Hall–Kier alpha value is -1.36. The van der Waals surface area contributed by atoms with Crippen molar-refractivity contribution >= 4 is 23.2 Å². The van der Waals surface area contributed by atoms with Crippen molar-refractivity contribution in [1.29, 1.82) is 0 Å². The molecule has 2 heterocycles. The number of hydrogen-bond acceptors (Lipinski definition) is 3. The third kappa shape index (κ3) is 4.80. The fourth-order valence-electron chi connectivity index (χ4n) is 3.28. The lowest BCUT2D eigenvalue weighted by Gasteiger charge is -2.32. The summed E-state index contributed by atoms with van der Waals surface area (Å²) in [6.45, 7) is 5.80. The van der Waals surface area contributed by atoms with Crippen LogP contribution in [0.25, 0.3) is 0 Å². The molecule has 0 saturated carbocycles. The molecule has 23 heavy (non-hydrogen) atoms. The van der Waals surface area contributed by atoms with Crippen LogP contribution in [0.5, 0.6) is 0 Å². The molecular formula is C18H27NO3S. The zero-order valence-corrected chi connectivity index (χ0v) is 15.0. The number of carbonyl (C=O) groups excluding carboxylic acids is 1. The molecule has 1 aromatic rings. The average Bonchev–Trinajstić information content (AvgIpc) is 2.96. The number of carboxylic acids is 1. The van der Waals surface area contributed by atoms with Gasteiger partial charge in [0.25, 0.3) is 5.91 Å². The maximum Gasteiger partial charge on any atom is 0.303 e. The summed E-state index contributed by atoms with van der Waals surface area (Å²) in [4.78, 5) is 27.6.